The van der Waals surface area contributed by atoms with Crippen LogP contribution in [0.1, 0.15) is 18.6 Å². The molecule has 0 aliphatic rings. The maximum Gasteiger partial charge on any atom is 0.165 e. The summed E-state index contributed by atoms with van der Waals surface area (Å²) in [5, 5.41) is 13.9. The SMILES string of the molecule is C[C@@H](O)c1ccc(Oc2cnn(C)c2)c(Cl)c1. The summed E-state index contributed by atoms with van der Waals surface area (Å²) in [5.74, 6) is 1.17. The first-order chi connectivity index (χ1) is 8.06. The van der Waals surface area contributed by atoms with Crippen molar-refractivity contribution < 1.29 is 9.84 Å². The van der Waals surface area contributed by atoms with Crippen molar-refractivity contribution in [1.29, 1.82) is 0 Å². The van der Waals surface area contributed by atoms with Gasteiger partial charge in [-0.15, -0.1) is 0 Å². The van der Waals surface area contributed by atoms with Gasteiger partial charge in [-0.2, -0.15) is 5.10 Å². The van der Waals surface area contributed by atoms with Crippen LogP contribution in [0.3, 0.4) is 0 Å². The van der Waals surface area contributed by atoms with Gasteiger partial charge >= 0.3 is 0 Å². The molecule has 1 aromatic carbocycles. The predicted molar refractivity (Wildman–Crippen MR) is 65.4 cm³/mol. The molecule has 0 aliphatic heterocycles. The van der Waals surface area contributed by atoms with Crippen LogP contribution in [0.15, 0.2) is 30.6 Å². The Balaban J connectivity index is 2.22. The van der Waals surface area contributed by atoms with E-state index in [9.17, 15) is 5.11 Å². The molecule has 0 radical (unpaired) electrons. The highest BCUT2D eigenvalue weighted by molar-refractivity contribution is 6.32. The van der Waals surface area contributed by atoms with Crippen molar-refractivity contribution in [3.05, 3.63) is 41.2 Å². The molecule has 1 heterocycles. The first-order valence-corrected chi connectivity index (χ1v) is 5.58. The van der Waals surface area contributed by atoms with Crippen LogP contribution in [0.2, 0.25) is 5.02 Å². The van der Waals surface area contributed by atoms with E-state index in [1.165, 1.54) is 0 Å². The monoisotopic (exact) mass is 252 g/mol. The van der Waals surface area contributed by atoms with Crippen LogP contribution in [0, 0.1) is 0 Å². The number of rotatable bonds is 3. The first-order valence-electron chi connectivity index (χ1n) is 5.20. The molecule has 17 heavy (non-hydrogen) atoms. The lowest BCUT2D eigenvalue weighted by molar-refractivity contribution is 0.199. The van der Waals surface area contributed by atoms with Crippen LogP contribution in [0.5, 0.6) is 11.5 Å². The standard InChI is InChI=1S/C12H13ClN2O2/c1-8(16)9-3-4-12(11(13)5-9)17-10-6-14-15(2)7-10/h3-8,16H,1-2H3/t8-/m1/s1. The molecular weight excluding hydrogens is 240 g/mol. The van der Waals surface area contributed by atoms with Crippen LogP contribution in [0.25, 0.3) is 0 Å². The highest BCUT2D eigenvalue weighted by Gasteiger charge is 2.08. The van der Waals surface area contributed by atoms with Gasteiger partial charge in [0, 0.05) is 7.05 Å². The van der Waals surface area contributed by atoms with Crippen molar-refractivity contribution in [3.63, 3.8) is 0 Å². The molecule has 0 spiro atoms. The van der Waals surface area contributed by atoms with Crippen LogP contribution < -0.4 is 4.74 Å². The summed E-state index contributed by atoms with van der Waals surface area (Å²) in [6.45, 7) is 1.69. The van der Waals surface area contributed by atoms with Crippen molar-refractivity contribution in [2.45, 2.75) is 13.0 Å². The highest BCUT2D eigenvalue weighted by Crippen LogP contribution is 2.31. The highest BCUT2D eigenvalue weighted by atomic mass is 35.5. The number of hydrogen-bond donors (Lipinski definition) is 1. The fraction of sp³-hybridized carbons (Fsp3) is 0.250. The average Bonchev–Trinajstić information content (AvgIpc) is 2.67. The molecule has 0 aliphatic carbocycles. The van der Waals surface area contributed by atoms with Crippen molar-refractivity contribution in [3.8, 4) is 11.5 Å². The molecule has 0 saturated carbocycles. The minimum absolute atomic E-state index is 0.465. The molecule has 0 fully saturated rings. The maximum absolute atomic E-state index is 9.42. The van der Waals surface area contributed by atoms with Gasteiger partial charge in [0.15, 0.2) is 5.75 Å². The number of aliphatic hydroxyl groups is 1. The second-order valence-corrected chi connectivity index (χ2v) is 4.22. The Kier molecular flexibility index (Phi) is 3.36. The van der Waals surface area contributed by atoms with Gasteiger partial charge in [0.05, 0.1) is 23.5 Å². The number of nitrogens with zero attached hydrogens (tertiary/aromatic N) is 2. The van der Waals surface area contributed by atoms with Gasteiger partial charge in [-0.25, -0.2) is 0 Å². The van der Waals surface area contributed by atoms with E-state index in [1.807, 2.05) is 7.05 Å². The van der Waals surface area contributed by atoms with Crippen LogP contribution >= 0.6 is 11.6 Å². The molecule has 1 atom stereocenters. The number of halogens is 1. The second kappa shape index (κ2) is 4.77. The summed E-state index contributed by atoms with van der Waals surface area (Å²) < 4.78 is 7.21. The number of aliphatic hydroxyl groups excluding tert-OH is 1. The maximum atomic E-state index is 9.42. The topological polar surface area (TPSA) is 47.3 Å². The third-order valence-electron chi connectivity index (χ3n) is 2.35. The zero-order valence-corrected chi connectivity index (χ0v) is 10.3. The van der Waals surface area contributed by atoms with E-state index >= 15 is 0 Å². The number of benzene rings is 1. The second-order valence-electron chi connectivity index (χ2n) is 3.82. The van der Waals surface area contributed by atoms with E-state index in [0.717, 1.165) is 5.56 Å². The normalized spacial score (nSPS) is 12.5. The predicted octanol–water partition coefficient (Wildman–Crippen LogP) is 2.92. The first kappa shape index (κ1) is 12.0. The van der Waals surface area contributed by atoms with E-state index in [-0.39, 0.29) is 0 Å². The third kappa shape index (κ3) is 2.78. The summed E-state index contributed by atoms with van der Waals surface area (Å²) in [5.41, 5.74) is 0.758. The Morgan fingerprint density at radius 3 is 2.76 bits per heavy atom. The Hall–Kier alpha value is -1.52. The number of aromatic nitrogens is 2. The molecule has 1 aromatic heterocycles. The molecule has 0 bridgehead atoms. The summed E-state index contributed by atoms with van der Waals surface area (Å²) >= 11 is 6.07. The summed E-state index contributed by atoms with van der Waals surface area (Å²) in [6.07, 6.45) is 2.82. The number of hydrogen-bond acceptors (Lipinski definition) is 3. The zero-order chi connectivity index (χ0) is 12.4. The summed E-state index contributed by atoms with van der Waals surface area (Å²) in [4.78, 5) is 0. The zero-order valence-electron chi connectivity index (χ0n) is 9.59. The fourth-order valence-corrected chi connectivity index (χ4v) is 1.67. The molecule has 5 heteroatoms. The van der Waals surface area contributed by atoms with Crippen LogP contribution in [0.4, 0.5) is 0 Å². The van der Waals surface area contributed by atoms with Crippen LogP contribution in [-0.2, 0) is 7.05 Å². The van der Waals surface area contributed by atoms with Crippen molar-refractivity contribution in [2.75, 3.05) is 0 Å². The molecule has 2 aromatic rings. The Morgan fingerprint density at radius 2 is 2.24 bits per heavy atom. The molecule has 4 nitrogen and oxygen atoms in total. The summed E-state index contributed by atoms with van der Waals surface area (Å²) in [6, 6.07) is 5.21. The third-order valence-corrected chi connectivity index (χ3v) is 2.64. The van der Waals surface area contributed by atoms with Gasteiger partial charge in [-0.1, -0.05) is 17.7 Å². The van der Waals surface area contributed by atoms with Crippen molar-refractivity contribution >= 4 is 11.6 Å². The van der Waals surface area contributed by atoms with Gasteiger partial charge in [-0.05, 0) is 24.6 Å². The Morgan fingerprint density at radius 1 is 1.47 bits per heavy atom. The summed E-state index contributed by atoms with van der Waals surface area (Å²) in [7, 11) is 1.81. The molecule has 0 unspecified atom stereocenters. The average molecular weight is 253 g/mol. The van der Waals surface area contributed by atoms with Gasteiger partial charge in [0.2, 0.25) is 0 Å². The van der Waals surface area contributed by atoms with Gasteiger partial charge in [0.25, 0.3) is 0 Å². The van der Waals surface area contributed by atoms with E-state index < -0.39 is 6.10 Å². The lowest BCUT2D eigenvalue weighted by atomic mass is 10.1. The van der Waals surface area contributed by atoms with E-state index in [4.69, 9.17) is 16.3 Å². The lowest BCUT2D eigenvalue weighted by Crippen LogP contribution is -1.92. The van der Waals surface area contributed by atoms with E-state index in [1.54, 1.807) is 42.2 Å². The molecule has 0 amide bonds. The van der Waals surface area contributed by atoms with E-state index in [2.05, 4.69) is 5.10 Å². The lowest BCUT2D eigenvalue weighted by Gasteiger charge is -2.09. The van der Waals surface area contributed by atoms with Gasteiger partial charge in [0.1, 0.15) is 5.75 Å². The molecular formula is C12H13ClN2O2. The van der Waals surface area contributed by atoms with E-state index in [0.29, 0.717) is 16.5 Å². The minimum Gasteiger partial charge on any atom is -0.452 e. The van der Waals surface area contributed by atoms with Crippen molar-refractivity contribution in [2.24, 2.45) is 7.05 Å². The molecule has 0 saturated heterocycles. The molecule has 1 N–H and O–H groups in total. The van der Waals surface area contributed by atoms with Crippen molar-refractivity contribution in [1.82, 2.24) is 9.78 Å². The largest absolute Gasteiger partial charge is 0.452 e. The quantitative estimate of drug-likeness (QED) is 0.914. The molecule has 90 valence electrons. The number of ether oxygens (including phenoxy) is 1. The van der Waals surface area contributed by atoms with Gasteiger partial charge in [-0.3, -0.25) is 4.68 Å². The fourth-order valence-electron chi connectivity index (χ4n) is 1.44. The minimum atomic E-state index is -0.542. The Labute approximate surface area is 104 Å². The van der Waals surface area contributed by atoms with Crippen LogP contribution in [-0.4, -0.2) is 14.9 Å². The van der Waals surface area contributed by atoms with Gasteiger partial charge < -0.3 is 9.84 Å². The Bertz CT molecular complexity index is 523. The number of aryl methyl sites for hydroxylation is 1. The molecule has 2 rings (SSSR count). The smallest absolute Gasteiger partial charge is 0.165 e.